The second-order valence-corrected chi connectivity index (χ2v) is 5.00. The lowest BCUT2D eigenvalue weighted by Gasteiger charge is -2.09. The lowest BCUT2D eigenvalue weighted by atomic mass is 10.1. The van der Waals surface area contributed by atoms with Crippen LogP contribution in [0.25, 0.3) is 0 Å². The zero-order chi connectivity index (χ0) is 18.4. The average molecular weight is 339 g/mol. The highest BCUT2D eigenvalue weighted by Crippen LogP contribution is 2.25. The van der Waals surface area contributed by atoms with Crippen molar-refractivity contribution in [2.45, 2.75) is 12.8 Å². The molecule has 1 heterocycles. The lowest BCUT2D eigenvalue weighted by molar-refractivity contribution is -0.136. The summed E-state index contributed by atoms with van der Waals surface area (Å²) in [6, 6.07) is 11.0. The number of hydrogen-bond donors (Lipinski definition) is 3. The van der Waals surface area contributed by atoms with Crippen LogP contribution in [0.1, 0.15) is 39.3 Å². The van der Waals surface area contributed by atoms with Crippen LogP contribution < -0.4 is 5.32 Å². The van der Waals surface area contributed by atoms with Gasteiger partial charge in [-0.25, -0.2) is 4.98 Å². The van der Waals surface area contributed by atoms with Crippen LogP contribution in [0, 0.1) is 11.3 Å². The molecule has 0 saturated heterocycles. The van der Waals surface area contributed by atoms with Crippen LogP contribution in [0.4, 0.5) is 5.82 Å². The normalized spacial score (nSPS) is 9.88. The Kier molecular flexibility index (Phi) is 5.43. The molecule has 0 aliphatic rings. The van der Waals surface area contributed by atoms with E-state index in [1.165, 1.54) is 0 Å². The van der Waals surface area contributed by atoms with Gasteiger partial charge in [0.2, 0.25) is 0 Å². The molecule has 2 aromatic rings. The molecule has 1 aromatic carbocycles. The van der Waals surface area contributed by atoms with Crippen LogP contribution >= 0.6 is 0 Å². The molecule has 0 fully saturated rings. The predicted molar refractivity (Wildman–Crippen MR) is 86.2 cm³/mol. The molecule has 0 bridgehead atoms. The molecule has 0 spiro atoms. The van der Waals surface area contributed by atoms with Gasteiger partial charge in [-0.1, -0.05) is 18.2 Å². The van der Waals surface area contributed by atoms with E-state index in [1.54, 1.807) is 36.4 Å². The number of pyridine rings is 1. The van der Waals surface area contributed by atoms with Crippen molar-refractivity contribution in [3.8, 4) is 11.8 Å². The van der Waals surface area contributed by atoms with E-state index in [0.717, 1.165) is 6.07 Å². The summed E-state index contributed by atoms with van der Waals surface area (Å²) in [4.78, 5) is 38.6. The van der Waals surface area contributed by atoms with Crippen molar-refractivity contribution >= 4 is 23.5 Å². The van der Waals surface area contributed by atoms with E-state index in [2.05, 4.69) is 10.3 Å². The van der Waals surface area contributed by atoms with Crippen molar-refractivity contribution in [1.29, 1.82) is 5.26 Å². The number of rotatable bonds is 6. The Morgan fingerprint density at radius 3 is 2.44 bits per heavy atom. The van der Waals surface area contributed by atoms with E-state index in [9.17, 15) is 19.5 Å². The van der Waals surface area contributed by atoms with Gasteiger partial charge in [-0.15, -0.1) is 0 Å². The zero-order valence-electron chi connectivity index (χ0n) is 12.9. The van der Waals surface area contributed by atoms with Crippen LogP contribution in [-0.4, -0.2) is 32.9 Å². The Morgan fingerprint density at radius 2 is 1.84 bits per heavy atom. The van der Waals surface area contributed by atoms with Crippen molar-refractivity contribution in [2.24, 2.45) is 0 Å². The van der Waals surface area contributed by atoms with E-state index < -0.39 is 41.9 Å². The molecule has 8 heteroatoms. The number of nitriles is 1. The maximum Gasteiger partial charge on any atom is 0.303 e. The summed E-state index contributed by atoms with van der Waals surface area (Å²) in [6.45, 7) is 0. The van der Waals surface area contributed by atoms with E-state index in [-0.39, 0.29) is 11.4 Å². The molecule has 3 N–H and O–H groups in total. The zero-order valence-corrected chi connectivity index (χ0v) is 12.9. The first-order chi connectivity index (χ1) is 11.9. The lowest BCUT2D eigenvalue weighted by Crippen LogP contribution is -2.15. The van der Waals surface area contributed by atoms with Crippen LogP contribution in [0.15, 0.2) is 36.4 Å². The number of amides is 1. The van der Waals surface area contributed by atoms with Gasteiger partial charge < -0.3 is 15.5 Å². The second-order valence-electron chi connectivity index (χ2n) is 5.00. The number of anilines is 1. The van der Waals surface area contributed by atoms with Gasteiger partial charge in [-0.2, -0.15) is 5.26 Å². The third-order valence-electron chi connectivity index (χ3n) is 3.22. The van der Waals surface area contributed by atoms with E-state index in [0.29, 0.717) is 5.56 Å². The van der Waals surface area contributed by atoms with Crippen LogP contribution in [-0.2, 0) is 4.79 Å². The smallest absolute Gasteiger partial charge is 0.303 e. The van der Waals surface area contributed by atoms with Crippen molar-refractivity contribution in [3.05, 3.63) is 53.2 Å². The summed E-state index contributed by atoms with van der Waals surface area (Å²) in [6.07, 6.45) is -0.834. The van der Waals surface area contributed by atoms with Crippen LogP contribution in [0.2, 0.25) is 0 Å². The quantitative estimate of drug-likeness (QED) is 0.683. The van der Waals surface area contributed by atoms with E-state index in [4.69, 9.17) is 10.4 Å². The molecular weight excluding hydrogens is 326 g/mol. The van der Waals surface area contributed by atoms with Gasteiger partial charge in [0.05, 0.1) is 12.0 Å². The van der Waals surface area contributed by atoms with Crippen LogP contribution in [0.3, 0.4) is 0 Å². The van der Waals surface area contributed by atoms with Gasteiger partial charge in [-0.05, 0) is 12.1 Å². The fraction of sp³-hybridized carbons (Fsp3) is 0.118. The highest BCUT2D eigenvalue weighted by Gasteiger charge is 2.20. The fourth-order valence-electron chi connectivity index (χ4n) is 2.00. The molecule has 8 nitrogen and oxygen atoms in total. The maximum atomic E-state index is 12.1. The summed E-state index contributed by atoms with van der Waals surface area (Å²) in [5.41, 5.74) is -0.365. The number of hydrogen-bond acceptors (Lipinski definition) is 6. The molecule has 126 valence electrons. The van der Waals surface area contributed by atoms with Gasteiger partial charge in [0.1, 0.15) is 11.9 Å². The number of carboxylic acid groups (broad SMARTS) is 1. The molecule has 1 aromatic heterocycles. The number of aliphatic carboxylic acids is 1. The number of ketones is 1. The van der Waals surface area contributed by atoms with Gasteiger partial charge in [-0.3, -0.25) is 14.4 Å². The molecule has 2 rings (SSSR count). The second kappa shape index (κ2) is 7.70. The minimum atomic E-state index is -1.18. The number of nitrogens with one attached hydrogen (secondary N) is 1. The van der Waals surface area contributed by atoms with Gasteiger partial charge >= 0.3 is 5.97 Å². The number of carbonyl (C=O) groups excluding carboxylic acids is 2. The summed E-state index contributed by atoms with van der Waals surface area (Å²) >= 11 is 0. The summed E-state index contributed by atoms with van der Waals surface area (Å²) in [7, 11) is 0. The van der Waals surface area contributed by atoms with E-state index in [1.807, 2.05) is 0 Å². The molecule has 0 aliphatic heterocycles. The summed E-state index contributed by atoms with van der Waals surface area (Å²) in [5, 5.41) is 30.1. The molecule has 0 radical (unpaired) electrons. The highest BCUT2D eigenvalue weighted by molar-refractivity contribution is 6.04. The number of carbonyl (C=O) groups is 3. The van der Waals surface area contributed by atoms with Gasteiger partial charge in [0.25, 0.3) is 5.91 Å². The van der Waals surface area contributed by atoms with Crippen molar-refractivity contribution in [3.63, 3.8) is 0 Å². The van der Waals surface area contributed by atoms with Gasteiger partial charge in [0.15, 0.2) is 17.2 Å². The number of aromatic nitrogens is 1. The van der Waals surface area contributed by atoms with Crippen LogP contribution in [0.5, 0.6) is 5.75 Å². The highest BCUT2D eigenvalue weighted by atomic mass is 16.4. The Morgan fingerprint density at radius 1 is 1.16 bits per heavy atom. The molecule has 0 saturated carbocycles. The fourth-order valence-corrected chi connectivity index (χ4v) is 2.00. The predicted octanol–water partition coefficient (Wildman–Crippen LogP) is 1.96. The summed E-state index contributed by atoms with van der Waals surface area (Å²) in [5.74, 6) is -3.17. The van der Waals surface area contributed by atoms with Crippen molar-refractivity contribution < 1.29 is 24.6 Å². The third kappa shape index (κ3) is 4.39. The molecule has 0 aliphatic carbocycles. The number of aromatic hydroxyl groups is 1. The van der Waals surface area contributed by atoms with Crippen molar-refractivity contribution in [1.82, 2.24) is 4.98 Å². The molecule has 1 amide bonds. The first-order valence-corrected chi connectivity index (χ1v) is 7.18. The topological polar surface area (TPSA) is 140 Å². The first kappa shape index (κ1) is 17.6. The Bertz CT molecular complexity index is 872. The number of benzene rings is 1. The minimum Gasteiger partial charge on any atom is -0.504 e. The average Bonchev–Trinajstić information content (AvgIpc) is 2.61. The Hall–Kier alpha value is -3.73. The molecule has 0 atom stereocenters. The monoisotopic (exact) mass is 339 g/mol. The van der Waals surface area contributed by atoms with Gasteiger partial charge in [0, 0.05) is 18.1 Å². The molecule has 0 unspecified atom stereocenters. The summed E-state index contributed by atoms with van der Waals surface area (Å²) < 4.78 is 0. The number of carboxylic acids is 1. The number of Topliss-reactive ketones (excluding diaryl/α,β-unsaturated/α-hetero) is 1. The minimum absolute atomic E-state index is 0.0955. The maximum absolute atomic E-state index is 12.1. The largest absolute Gasteiger partial charge is 0.504 e. The van der Waals surface area contributed by atoms with Crippen molar-refractivity contribution in [2.75, 3.05) is 5.32 Å². The molecule has 25 heavy (non-hydrogen) atoms. The first-order valence-electron chi connectivity index (χ1n) is 7.18. The third-order valence-corrected chi connectivity index (χ3v) is 3.22. The van der Waals surface area contributed by atoms with E-state index >= 15 is 0 Å². The number of nitrogens with zero attached hydrogens (tertiary/aromatic N) is 2. The Labute approximate surface area is 142 Å². The Balaban J connectivity index is 2.32. The molecular formula is C17H13N3O5. The SMILES string of the molecule is N#Cc1cc(NC(=O)c2ccccc2)nc(C(=O)CCC(=O)O)c1O. The standard InChI is InChI=1S/C17H13N3O5/c18-9-11-8-13(20-17(25)10-4-2-1-3-5-10)19-15(16(11)24)12(21)6-7-14(22)23/h1-5,8,24H,6-7H2,(H,22,23)(H,19,20,25).